The number of nitrogens with zero attached hydrogens (tertiary/aromatic N) is 1. The highest BCUT2D eigenvalue weighted by Gasteiger charge is 2.44. The van der Waals surface area contributed by atoms with E-state index in [9.17, 15) is 4.79 Å². The van der Waals surface area contributed by atoms with E-state index in [0.717, 1.165) is 40.8 Å². The Bertz CT molecular complexity index is 1140. The molecule has 0 radical (unpaired) electrons. The molecular formula is C28H28N2O2. The number of amides is 1. The summed E-state index contributed by atoms with van der Waals surface area (Å²) >= 11 is 0. The number of rotatable bonds is 4. The van der Waals surface area contributed by atoms with Gasteiger partial charge in [0, 0.05) is 36.2 Å². The van der Waals surface area contributed by atoms with Crippen molar-refractivity contribution < 1.29 is 9.53 Å². The number of piperidine rings is 1. The van der Waals surface area contributed by atoms with Crippen molar-refractivity contribution >= 4 is 11.5 Å². The van der Waals surface area contributed by atoms with Crippen LogP contribution >= 0.6 is 0 Å². The predicted molar refractivity (Wildman–Crippen MR) is 128 cm³/mol. The zero-order valence-corrected chi connectivity index (χ0v) is 18.2. The zero-order valence-electron chi connectivity index (χ0n) is 18.2. The summed E-state index contributed by atoms with van der Waals surface area (Å²) < 4.78 is 5.99. The molecule has 1 saturated heterocycles. The van der Waals surface area contributed by atoms with Crippen molar-refractivity contribution in [3.8, 4) is 16.9 Å². The zero-order chi connectivity index (χ0) is 22.1. The van der Waals surface area contributed by atoms with Crippen molar-refractivity contribution in [1.29, 1.82) is 0 Å². The number of ether oxygens (including phenoxy) is 1. The molecule has 0 atom stereocenters. The molecule has 0 aromatic heterocycles. The summed E-state index contributed by atoms with van der Waals surface area (Å²) in [5, 5.41) is 0. The number of hydrogen-bond acceptors (Lipinski definition) is 3. The lowest BCUT2D eigenvalue weighted by atomic mass is 9.74. The molecule has 2 aliphatic heterocycles. The molecule has 2 aliphatic rings. The lowest BCUT2D eigenvalue weighted by Crippen LogP contribution is -2.46. The molecule has 5 rings (SSSR count). The summed E-state index contributed by atoms with van der Waals surface area (Å²) in [6.07, 6.45) is 1.78. The van der Waals surface area contributed by atoms with E-state index < -0.39 is 0 Å². The first-order valence-electron chi connectivity index (χ1n) is 11.2. The SMILES string of the molecule is C=C(C(=O)N1CCC2(CC1)COc1ccc(CN)cc12)c1ccc(-c2ccccc2)cc1. The molecule has 0 bridgehead atoms. The first-order valence-corrected chi connectivity index (χ1v) is 11.2. The Morgan fingerprint density at radius 2 is 1.66 bits per heavy atom. The lowest BCUT2D eigenvalue weighted by molar-refractivity contribution is -0.126. The largest absolute Gasteiger partial charge is 0.492 e. The van der Waals surface area contributed by atoms with E-state index in [1.807, 2.05) is 47.4 Å². The van der Waals surface area contributed by atoms with Crippen LogP contribution < -0.4 is 10.5 Å². The maximum Gasteiger partial charge on any atom is 0.253 e. The summed E-state index contributed by atoms with van der Waals surface area (Å²) in [6, 6.07) is 24.6. The highest BCUT2D eigenvalue weighted by atomic mass is 16.5. The van der Waals surface area contributed by atoms with Crippen LogP contribution in [-0.2, 0) is 16.8 Å². The minimum atomic E-state index is -0.0179. The Hall–Kier alpha value is -3.37. The molecule has 2 heterocycles. The van der Waals surface area contributed by atoms with Crippen LogP contribution in [0, 0.1) is 0 Å². The number of nitrogens with two attached hydrogens (primary N) is 1. The highest BCUT2D eigenvalue weighted by molar-refractivity contribution is 6.18. The fourth-order valence-electron chi connectivity index (χ4n) is 4.90. The van der Waals surface area contributed by atoms with Gasteiger partial charge in [-0.05, 0) is 41.2 Å². The molecule has 32 heavy (non-hydrogen) atoms. The number of likely N-dealkylation sites (tertiary alicyclic amines) is 1. The number of benzene rings is 3. The van der Waals surface area contributed by atoms with Gasteiger partial charge in [0.2, 0.25) is 0 Å². The van der Waals surface area contributed by atoms with Crippen LogP contribution in [0.3, 0.4) is 0 Å². The van der Waals surface area contributed by atoms with Gasteiger partial charge < -0.3 is 15.4 Å². The average Bonchev–Trinajstić information content (AvgIpc) is 3.21. The molecule has 0 unspecified atom stereocenters. The fourth-order valence-corrected chi connectivity index (χ4v) is 4.90. The van der Waals surface area contributed by atoms with E-state index in [0.29, 0.717) is 31.8 Å². The molecular weight excluding hydrogens is 396 g/mol. The Balaban J connectivity index is 1.27. The van der Waals surface area contributed by atoms with Crippen molar-refractivity contribution in [2.75, 3.05) is 19.7 Å². The average molecular weight is 425 g/mol. The minimum absolute atomic E-state index is 0.0159. The quantitative estimate of drug-likeness (QED) is 0.614. The normalized spacial score (nSPS) is 16.5. The Morgan fingerprint density at radius 3 is 2.34 bits per heavy atom. The first kappa shape index (κ1) is 20.5. The third kappa shape index (κ3) is 3.61. The topological polar surface area (TPSA) is 55.6 Å². The minimum Gasteiger partial charge on any atom is -0.492 e. The fraction of sp³-hybridized carbons (Fsp3) is 0.250. The standard InChI is InChI=1S/C28H28N2O2/c1-20(22-8-10-24(11-9-22)23-5-3-2-4-6-23)27(31)30-15-13-28(14-16-30)19-32-26-12-7-21(18-29)17-25(26)28/h2-12,17H,1,13-16,18-19,29H2. The summed E-state index contributed by atoms with van der Waals surface area (Å²) in [7, 11) is 0. The Labute approximate surface area is 189 Å². The van der Waals surface area contributed by atoms with Crippen LogP contribution in [0.25, 0.3) is 16.7 Å². The second-order valence-corrected chi connectivity index (χ2v) is 8.82. The lowest BCUT2D eigenvalue weighted by Gasteiger charge is -2.39. The van der Waals surface area contributed by atoms with Crippen molar-refractivity contribution in [1.82, 2.24) is 4.90 Å². The van der Waals surface area contributed by atoms with Gasteiger partial charge >= 0.3 is 0 Å². The predicted octanol–water partition coefficient (Wildman–Crippen LogP) is 4.78. The molecule has 1 fully saturated rings. The summed E-state index contributed by atoms with van der Waals surface area (Å²) in [4.78, 5) is 15.1. The smallest absolute Gasteiger partial charge is 0.253 e. The molecule has 2 N–H and O–H groups in total. The van der Waals surface area contributed by atoms with Crippen molar-refractivity contribution in [3.63, 3.8) is 0 Å². The van der Waals surface area contributed by atoms with Gasteiger partial charge in [-0.3, -0.25) is 4.79 Å². The van der Waals surface area contributed by atoms with Gasteiger partial charge in [0.25, 0.3) is 5.91 Å². The van der Waals surface area contributed by atoms with Crippen LogP contribution in [0.2, 0.25) is 0 Å². The maximum atomic E-state index is 13.2. The Morgan fingerprint density at radius 1 is 0.969 bits per heavy atom. The van der Waals surface area contributed by atoms with Gasteiger partial charge in [-0.15, -0.1) is 0 Å². The summed E-state index contributed by atoms with van der Waals surface area (Å²) in [5.74, 6) is 0.979. The van der Waals surface area contributed by atoms with Crippen LogP contribution in [-0.4, -0.2) is 30.5 Å². The number of fused-ring (bicyclic) bond motifs is 2. The molecule has 4 nitrogen and oxygen atoms in total. The second kappa shape index (κ2) is 8.29. The van der Waals surface area contributed by atoms with E-state index in [1.54, 1.807) is 0 Å². The summed E-state index contributed by atoms with van der Waals surface area (Å²) in [6.45, 7) is 6.73. The van der Waals surface area contributed by atoms with E-state index in [1.165, 1.54) is 5.56 Å². The maximum absolute atomic E-state index is 13.2. The molecule has 0 aliphatic carbocycles. The third-order valence-corrected chi connectivity index (χ3v) is 6.96. The van der Waals surface area contributed by atoms with Crippen molar-refractivity contribution in [2.45, 2.75) is 24.8 Å². The van der Waals surface area contributed by atoms with E-state index in [4.69, 9.17) is 10.5 Å². The van der Waals surface area contributed by atoms with E-state index >= 15 is 0 Å². The molecule has 1 amide bonds. The van der Waals surface area contributed by atoms with Crippen LogP contribution in [0.15, 0.2) is 79.4 Å². The van der Waals surface area contributed by atoms with Crippen LogP contribution in [0.1, 0.15) is 29.5 Å². The molecule has 1 spiro atoms. The van der Waals surface area contributed by atoms with Crippen molar-refractivity contribution in [3.05, 3.63) is 96.1 Å². The number of carbonyl (C=O) groups is 1. The van der Waals surface area contributed by atoms with Crippen molar-refractivity contribution in [2.24, 2.45) is 5.73 Å². The molecule has 162 valence electrons. The Kier molecular flexibility index (Phi) is 5.32. The van der Waals surface area contributed by atoms with Gasteiger partial charge in [0.1, 0.15) is 5.75 Å². The van der Waals surface area contributed by atoms with Gasteiger partial charge in [-0.1, -0.05) is 73.3 Å². The number of carbonyl (C=O) groups excluding carboxylic acids is 1. The van der Waals surface area contributed by atoms with Gasteiger partial charge in [-0.2, -0.15) is 0 Å². The third-order valence-electron chi connectivity index (χ3n) is 6.96. The molecule has 3 aromatic rings. The second-order valence-electron chi connectivity index (χ2n) is 8.82. The van der Waals surface area contributed by atoms with E-state index in [-0.39, 0.29) is 11.3 Å². The van der Waals surface area contributed by atoms with Gasteiger partial charge in [-0.25, -0.2) is 0 Å². The molecule has 3 aromatic carbocycles. The van der Waals surface area contributed by atoms with Crippen LogP contribution in [0.5, 0.6) is 5.75 Å². The summed E-state index contributed by atoms with van der Waals surface area (Å²) in [5.41, 5.74) is 11.9. The molecule has 0 saturated carbocycles. The van der Waals surface area contributed by atoms with Gasteiger partial charge in [0.15, 0.2) is 0 Å². The molecule has 4 heteroatoms. The monoisotopic (exact) mass is 424 g/mol. The van der Waals surface area contributed by atoms with Gasteiger partial charge in [0.05, 0.1) is 6.61 Å². The number of hydrogen-bond donors (Lipinski definition) is 1. The highest BCUT2D eigenvalue weighted by Crippen LogP contribution is 2.46. The first-order chi connectivity index (χ1) is 15.6. The van der Waals surface area contributed by atoms with E-state index in [2.05, 4.69) is 36.9 Å². The van der Waals surface area contributed by atoms with Crippen LogP contribution in [0.4, 0.5) is 0 Å².